The van der Waals surface area contributed by atoms with Crippen molar-refractivity contribution >= 4 is 11.6 Å². The van der Waals surface area contributed by atoms with E-state index in [1.807, 2.05) is 13.0 Å². The van der Waals surface area contributed by atoms with E-state index < -0.39 is 0 Å². The first-order chi connectivity index (χ1) is 8.63. The summed E-state index contributed by atoms with van der Waals surface area (Å²) in [5, 5.41) is 0.860. The van der Waals surface area contributed by atoms with Gasteiger partial charge in [-0.25, -0.2) is 0 Å². The molecule has 2 nitrogen and oxygen atoms in total. The van der Waals surface area contributed by atoms with Crippen molar-refractivity contribution in [2.75, 3.05) is 0 Å². The SMILES string of the molecule is Cc1cccc(C(NN)C2CCC(C)CC2)c1Cl. The molecule has 0 saturated heterocycles. The topological polar surface area (TPSA) is 38.0 Å². The number of hydrazine groups is 1. The Bertz CT molecular complexity index is 397. The van der Waals surface area contributed by atoms with Crippen LogP contribution in [0.2, 0.25) is 5.02 Å². The number of hydrogen-bond donors (Lipinski definition) is 2. The van der Waals surface area contributed by atoms with Crippen molar-refractivity contribution in [3.63, 3.8) is 0 Å². The lowest BCUT2D eigenvalue weighted by molar-refractivity contribution is 0.232. The molecule has 1 saturated carbocycles. The third-order valence-electron chi connectivity index (χ3n) is 4.27. The van der Waals surface area contributed by atoms with Crippen LogP contribution in [0.5, 0.6) is 0 Å². The predicted octanol–water partition coefficient (Wildman–Crippen LogP) is 3.98. The first-order valence-corrected chi connectivity index (χ1v) is 7.22. The van der Waals surface area contributed by atoms with Crippen LogP contribution in [0.15, 0.2) is 18.2 Å². The molecule has 1 aliphatic rings. The normalized spacial score (nSPS) is 26.0. The van der Waals surface area contributed by atoms with Crippen LogP contribution < -0.4 is 11.3 Å². The minimum atomic E-state index is 0.185. The number of aryl methyl sites for hydroxylation is 1. The largest absolute Gasteiger partial charge is 0.271 e. The van der Waals surface area contributed by atoms with E-state index in [1.165, 1.54) is 25.7 Å². The molecule has 0 aliphatic heterocycles. The summed E-state index contributed by atoms with van der Waals surface area (Å²) >= 11 is 6.42. The first kappa shape index (κ1) is 13.9. The van der Waals surface area contributed by atoms with E-state index in [0.29, 0.717) is 5.92 Å². The van der Waals surface area contributed by atoms with Crippen LogP contribution in [0.1, 0.15) is 49.8 Å². The Balaban J connectivity index is 2.20. The molecule has 0 radical (unpaired) electrons. The molecular weight excluding hydrogens is 244 g/mol. The van der Waals surface area contributed by atoms with E-state index in [2.05, 4.69) is 24.5 Å². The van der Waals surface area contributed by atoms with Gasteiger partial charge in [-0.2, -0.15) is 0 Å². The van der Waals surface area contributed by atoms with Crippen LogP contribution >= 0.6 is 11.6 Å². The lowest BCUT2D eigenvalue weighted by Gasteiger charge is -2.33. The average Bonchev–Trinajstić information content (AvgIpc) is 2.37. The fourth-order valence-electron chi connectivity index (χ4n) is 3.01. The molecule has 18 heavy (non-hydrogen) atoms. The number of benzene rings is 1. The molecular formula is C15H23ClN2. The van der Waals surface area contributed by atoms with Gasteiger partial charge in [0.25, 0.3) is 0 Å². The maximum atomic E-state index is 6.42. The van der Waals surface area contributed by atoms with Crippen LogP contribution in [0.25, 0.3) is 0 Å². The molecule has 1 fully saturated rings. The number of hydrogen-bond acceptors (Lipinski definition) is 2. The zero-order chi connectivity index (χ0) is 13.1. The lowest BCUT2D eigenvalue weighted by atomic mass is 9.77. The Morgan fingerprint density at radius 3 is 2.56 bits per heavy atom. The average molecular weight is 267 g/mol. The summed E-state index contributed by atoms with van der Waals surface area (Å²) in [6.45, 7) is 4.38. The number of nitrogens with two attached hydrogens (primary N) is 1. The summed E-state index contributed by atoms with van der Waals surface area (Å²) in [6, 6.07) is 6.39. The smallest absolute Gasteiger partial charge is 0.0502 e. The van der Waals surface area contributed by atoms with Gasteiger partial charge in [0.15, 0.2) is 0 Å². The number of nitrogens with one attached hydrogen (secondary N) is 1. The number of halogens is 1. The Morgan fingerprint density at radius 2 is 1.94 bits per heavy atom. The summed E-state index contributed by atoms with van der Waals surface area (Å²) in [7, 11) is 0. The highest BCUT2D eigenvalue weighted by molar-refractivity contribution is 6.32. The van der Waals surface area contributed by atoms with E-state index in [4.69, 9.17) is 17.4 Å². The highest BCUT2D eigenvalue weighted by atomic mass is 35.5. The maximum absolute atomic E-state index is 6.42. The second-order valence-corrected chi connectivity index (χ2v) is 6.02. The summed E-state index contributed by atoms with van der Waals surface area (Å²) in [6.07, 6.45) is 5.07. The van der Waals surface area contributed by atoms with Gasteiger partial charge in [-0.3, -0.25) is 11.3 Å². The van der Waals surface area contributed by atoms with Crippen LogP contribution in [-0.4, -0.2) is 0 Å². The van der Waals surface area contributed by atoms with Gasteiger partial charge >= 0.3 is 0 Å². The fourth-order valence-corrected chi connectivity index (χ4v) is 3.25. The third kappa shape index (κ3) is 2.87. The molecule has 0 aromatic heterocycles. The van der Waals surface area contributed by atoms with Gasteiger partial charge in [-0.15, -0.1) is 0 Å². The molecule has 0 amide bonds. The van der Waals surface area contributed by atoms with Gasteiger partial charge in [-0.05, 0) is 42.7 Å². The monoisotopic (exact) mass is 266 g/mol. The minimum absolute atomic E-state index is 0.185. The van der Waals surface area contributed by atoms with Crippen LogP contribution in [-0.2, 0) is 0 Å². The zero-order valence-electron chi connectivity index (χ0n) is 11.2. The zero-order valence-corrected chi connectivity index (χ0v) is 12.0. The van der Waals surface area contributed by atoms with Crippen LogP contribution in [0.4, 0.5) is 0 Å². The molecule has 100 valence electrons. The third-order valence-corrected chi connectivity index (χ3v) is 4.78. The molecule has 3 heteroatoms. The van der Waals surface area contributed by atoms with E-state index in [-0.39, 0.29) is 6.04 Å². The molecule has 3 N–H and O–H groups in total. The van der Waals surface area contributed by atoms with Gasteiger partial charge < -0.3 is 0 Å². The van der Waals surface area contributed by atoms with Gasteiger partial charge in [-0.1, -0.05) is 49.6 Å². The highest BCUT2D eigenvalue weighted by Gasteiger charge is 2.27. The van der Waals surface area contributed by atoms with Crippen LogP contribution in [0.3, 0.4) is 0 Å². The van der Waals surface area contributed by atoms with Crippen LogP contribution in [0, 0.1) is 18.8 Å². The van der Waals surface area contributed by atoms with Gasteiger partial charge in [0.2, 0.25) is 0 Å². The van der Waals surface area contributed by atoms with Crippen molar-refractivity contribution in [2.45, 2.75) is 45.6 Å². The summed E-state index contributed by atoms with van der Waals surface area (Å²) in [4.78, 5) is 0. The van der Waals surface area contributed by atoms with E-state index >= 15 is 0 Å². The van der Waals surface area contributed by atoms with E-state index in [0.717, 1.165) is 22.1 Å². The Labute approximate surface area is 115 Å². The molecule has 1 aliphatic carbocycles. The Hall–Kier alpha value is -0.570. The molecule has 1 unspecified atom stereocenters. The van der Waals surface area contributed by atoms with Gasteiger partial charge in [0, 0.05) is 5.02 Å². The maximum Gasteiger partial charge on any atom is 0.0502 e. The molecule has 0 bridgehead atoms. The van der Waals surface area contributed by atoms with Gasteiger partial charge in [0.1, 0.15) is 0 Å². The van der Waals surface area contributed by atoms with Crippen molar-refractivity contribution in [3.05, 3.63) is 34.3 Å². The number of rotatable bonds is 3. The molecule has 1 atom stereocenters. The predicted molar refractivity (Wildman–Crippen MR) is 77.4 cm³/mol. The standard InChI is InChI=1S/C15H23ClN2/c1-10-6-8-12(9-7-10)15(18-17)13-5-3-4-11(2)14(13)16/h3-5,10,12,15,18H,6-9,17H2,1-2H3. The van der Waals surface area contributed by atoms with Crippen molar-refractivity contribution in [2.24, 2.45) is 17.7 Å². The van der Waals surface area contributed by atoms with E-state index in [9.17, 15) is 0 Å². The summed E-state index contributed by atoms with van der Waals surface area (Å²) in [5.74, 6) is 7.24. The highest BCUT2D eigenvalue weighted by Crippen LogP contribution is 2.38. The van der Waals surface area contributed by atoms with Crippen molar-refractivity contribution in [3.8, 4) is 0 Å². The minimum Gasteiger partial charge on any atom is -0.271 e. The second-order valence-electron chi connectivity index (χ2n) is 5.64. The summed E-state index contributed by atoms with van der Waals surface area (Å²) in [5.41, 5.74) is 5.26. The second kappa shape index (κ2) is 6.05. The molecule has 0 spiro atoms. The molecule has 0 heterocycles. The Morgan fingerprint density at radius 1 is 1.28 bits per heavy atom. The van der Waals surface area contributed by atoms with Crippen molar-refractivity contribution in [1.82, 2.24) is 5.43 Å². The Kier molecular flexibility index (Phi) is 4.66. The molecule has 1 aromatic rings. The fraction of sp³-hybridized carbons (Fsp3) is 0.600. The van der Waals surface area contributed by atoms with Crippen molar-refractivity contribution in [1.29, 1.82) is 0 Å². The molecule has 1 aromatic carbocycles. The first-order valence-electron chi connectivity index (χ1n) is 6.84. The quantitative estimate of drug-likeness (QED) is 0.642. The van der Waals surface area contributed by atoms with Crippen molar-refractivity contribution < 1.29 is 0 Å². The van der Waals surface area contributed by atoms with E-state index in [1.54, 1.807) is 0 Å². The van der Waals surface area contributed by atoms with Gasteiger partial charge in [0.05, 0.1) is 6.04 Å². The molecule has 2 rings (SSSR count). The lowest BCUT2D eigenvalue weighted by Crippen LogP contribution is -2.35. The summed E-state index contributed by atoms with van der Waals surface area (Å²) < 4.78 is 0.